The third-order valence-corrected chi connectivity index (χ3v) is 9.05. The predicted octanol–water partition coefficient (Wildman–Crippen LogP) is -5.55. The van der Waals surface area contributed by atoms with Gasteiger partial charge < -0.3 is 84.0 Å². The standard InChI is InChI=1S/C28H53N9O9/c1-27(41)12-43-24(19(39)22(27)34-2)46-21-17(37-25(40)28(42)9-13(10-28)36-26(32)33)8-16(31)20(18(21)38)45-23-15(30)5-4-14(44-23)11-35-7-3-6-29/h4,13,15-24,34-35,38-39,41-42H,3,5-12,29-31H2,1-2H3,(H,37,40)(H4,32,33,36)/t13?,15-,16+,17-,18+,19-,20?,21+,22-,23-,24-,27+,28?/m1/s1. The van der Waals surface area contributed by atoms with E-state index in [-0.39, 0.29) is 31.8 Å². The molecule has 0 aromatic heterocycles. The Morgan fingerprint density at radius 2 is 1.80 bits per heavy atom. The molecule has 0 radical (unpaired) electrons. The summed E-state index contributed by atoms with van der Waals surface area (Å²) in [6, 6.07) is -3.59. The SMILES string of the molecule is CN[C@@H]1[C@@H](O)[C@@H](O[C@H]2[C@H](NC(=O)C3(O)CC(N=C(N)N)C3)C[C@H](N)C(O[C@H]3OC(CNCCCN)=CC[C@H]3N)[C@@H]2O)OC[C@]1(C)O. The second-order valence-electron chi connectivity index (χ2n) is 13.0. The summed E-state index contributed by atoms with van der Waals surface area (Å²) < 4.78 is 24.1. The highest BCUT2D eigenvalue weighted by atomic mass is 16.7. The number of aliphatic hydroxyl groups is 4. The van der Waals surface area contributed by atoms with Crippen LogP contribution in [0.25, 0.3) is 0 Å². The Hall–Kier alpha value is -2.20. The van der Waals surface area contributed by atoms with Crippen molar-refractivity contribution >= 4 is 11.9 Å². The monoisotopic (exact) mass is 659 g/mol. The topological polar surface area (TPSA) is 313 Å². The lowest BCUT2D eigenvalue weighted by Crippen LogP contribution is -2.70. The van der Waals surface area contributed by atoms with Crippen molar-refractivity contribution in [3.05, 3.63) is 11.8 Å². The number of rotatable bonds is 13. The Bertz CT molecular complexity index is 1090. The van der Waals surface area contributed by atoms with Crippen molar-refractivity contribution in [3.8, 4) is 0 Å². The first-order valence-electron chi connectivity index (χ1n) is 15.8. The molecule has 1 saturated heterocycles. The Labute approximate surface area is 268 Å². The molecule has 0 aromatic rings. The van der Waals surface area contributed by atoms with E-state index in [0.29, 0.717) is 31.8 Å². The van der Waals surface area contributed by atoms with Gasteiger partial charge in [0.2, 0.25) is 6.29 Å². The van der Waals surface area contributed by atoms with Crippen molar-refractivity contribution in [1.82, 2.24) is 16.0 Å². The Morgan fingerprint density at radius 3 is 2.46 bits per heavy atom. The highest BCUT2D eigenvalue weighted by Gasteiger charge is 2.54. The van der Waals surface area contributed by atoms with E-state index in [4.69, 9.17) is 47.6 Å². The summed E-state index contributed by atoms with van der Waals surface area (Å²) in [7, 11) is 1.57. The Balaban J connectivity index is 1.50. The van der Waals surface area contributed by atoms with Crippen LogP contribution in [-0.4, -0.2) is 144 Å². The van der Waals surface area contributed by atoms with Crippen molar-refractivity contribution < 1.29 is 44.2 Å². The van der Waals surface area contributed by atoms with Crippen LogP contribution in [0.1, 0.15) is 39.0 Å². The number of carbonyl (C=O) groups excluding carboxylic acids is 1. The third-order valence-electron chi connectivity index (χ3n) is 9.05. The minimum absolute atomic E-state index is 0.00740. The van der Waals surface area contributed by atoms with Crippen LogP contribution in [0.3, 0.4) is 0 Å². The zero-order chi connectivity index (χ0) is 33.8. The zero-order valence-electron chi connectivity index (χ0n) is 26.5. The summed E-state index contributed by atoms with van der Waals surface area (Å²) in [5, 5.41) is 53.3. The molecule has 0 spiro atoms. The van der Waals surface area contributed by atoms with Crippen molar-refractivity contribution in [2.24, 2.45) is 33.7 Å². The van der Waals surface area contributed by atoms with E-state index in [1.807, 2.05) is 6.08 Å². The Kier molecular flexibility index (Phi) is 12.2. The molecule has 2 aliphatic heterocycles. The van der Waals surface area contributed by atoms with Crippen LogP contribution in [0.5, 0.6) is 0 Å². The molecule has 1 amide bonds. The second-order valence-corrected chi connectivity index (χ2v) is 13.0. The number of hydrogen-bond donors (Lipinski definition) is 12. The summed E-state index contributed by atoms with van der Waals surface area (Å²) in [5.41, 5.74) is 26.1. The van der Waals surface area contributed by atoms with E-state index in [1.54, 1.807) is 7.05 Å². The first kappa shape index (κ1) is 36.6. The maximum Gasteiger partial charge on any atom is 0.252 e. The molecule has 4 aliphatic rings. The van der Waals surface area contributed by atoms with Crippen LogP contribution in [0.2, 0.25) is 0 Å². The maximum absolute atomic E-state index is 13.3. The van der Waals surface area contributed by atoms with Crippen LogP contribution >= 0.6 is 0 Å². The smallest absolute Gasteiger partial charge is 0.252 e. The fraction of sp³-hybridized carbons (Fsp3) is 0.857. The van der Waals surface area contributed by atoms with E-state index >= 15 is 0 Å². The summed E-state index contributed by atoms with van der Waals surface area (Å²) in [6.07, 6.45) is -4.24. The number of nitrogens with zero attached hydrogens (tertiary/aromatic N) is 1. The van der Waals surface area contributed by atoms with Gasteiger partial charge in [-0.05, 0) is 52.4 Å². The molecule has 11 atom stereocenters. The lowest BCUT2D eigenvalue weighted by atomic mass is 9.74. The molecule has 18 heteroatoms. The number of likely N-dealkylation sites (N-methyl/N-ethyl adjacent to an activating group) is 1. The van der Waals surface area contributed by atoms with Gasteiger partial charge in [-0.15, -0.1) is 0 Å². The van der Waals surface area contributed by atoms with E-state index < -0.39 is 84.3 Å². The Morgan fingerprint density at radius 1 is 1.11 bits per heavy atom. The number of aliphatic hydroxyl groups excluding tert-OH is 2. The van der Waals surface area contributed by atoms with E-state index in [1.165, 1.54) is 6.92 Å². The van der Waals surface area contributed by atoms with Gasteiger partial charge in [0, 0.05) is 18.9 Å². The molecule has 0 aromatic carbocycles. The first-order valence-corrected chi connectivity index (χ1v) is 15.8. The fourth-order valence-corrected chi connectivity index (χ4v) is 6.47. The number of nitrogens with two attached hydrogens (primary N) is 5. The number of ether oxygens (including phenoxy) is 4. The minimum atomic E-state index is -1.75. The van der Waals surface area contributed by atoms with Gasteiger partial charge in [0.25, 0.3) is 5.91 Å². The highest BCUT2D eigenvalue weighted by Crippen LogP contribution is 2.36. The molecule has 2 saturated carbocycles. The van der Waals surface area contributed by atoms with Crippen molar-refractivity contribution in [3.63, 3.8) is 0 Å². The summed E-state index contributed by atoms with van der Waals surface area (Å²) >= 11 is 0. The van der Waals surface area contributed by atoms with Gasteiger partial charge >= 0.3 is 0 Å². The van der Waals surface area contributed by atoms with E-state index in [9.17, 15) is 25.2 Å². The minimum Gasteiger partial charge on any atom is -0.467 e. The number of carbonyl (C=O) groups is 1. The average molecular weight is 660 g/mol. The van der Waals surface area contributed by atoms with E-state index in [0.717, 1.165) is 6.42 Å². The van der Waals surface area contributed by atoms with Gasteiger partial charge in [0.05, 0.1) is 37.3 Å². The fourth-order valence-electron chi connectivity index (χ4n) is 6.47. The average Bonchev–Trinajstić information content (AvgIpc) is 2.96. The molecule has 1 unspecified atom stereocenters. The second kappa shape index (κ2) is 15.3. The summed E-state index contributed by atoms with van der Waals surface area (Å²) in [6.45, 7) is 3.02. The van der Waals surface area contributed by atoms with Crippen molar-refractivity contribution in [2.75, 3.05) is 33.3 Å². The van der Waals surface area contributed by atoms with Crippen molar-refractivity contribution in [1.29, 1.82) is 0 Å². The first-order chi connectivity index (χ1) is 21.7. The van der Waals surface area contributed by atoms with Crippen LogP contribution in [0.15, 0.2) is 16.8 Å². The number of guanidine groups is 1. The van der Waals surface area contributed by atoms with E-state index in [2.05, 4.69) is 20.9 Å². The van der Waals surface area contributed by atoms with Gasteiger partial charge in [-0.25, -0.2) is 0 Å². The van der Waals surface area contributed by atoms with Gasteiger partial charge in [-0.2, -0.15) is 0 Å². The molecular weight excluding hydrogens is 606 g/mol. The number of hydrogen-bond acceptors (Lipinski definition) is 15. The molecule has 4 rings (SSSR count). The maximum atomic E-state index is 13.3. The van der Waals surface area contributed by atoms with Crippen LogP contribution in [-0.2, 0) is 23.7 Å². The summed E-state index contributed by atoms with van der Waals surface area (Å²) in [5.74, 6) is -0.245. The van der Waals surface area contributed by atoms with Crippen LogP contribution in [0.4, 0.5) is 0 Å². The van der Waals surface area contributed by atoms with Gasteiger partial charge in [0.1, 0.15) is 41.4 Å². The normalized spacial score (nSPS) is 42.7. The van der Waals surface area contributed by atoms with Crippen LogP contribution < -0.4 is 44.6 Å². The van der Waals surface area contributed by atoms with Crippen molar-refractivity contribution in [2.45, 2.75) is 117 Å². The molecule has 17 N–H and O–H groups in total. The predicted molar refractivity (Wildman–Crippen MR) is 165 cm³/mol. The van der Waals surface area contributed by atoms with Crippen LogP contribution in [0, 0.1) is 0 Å². The number of aliphatic imine (C=N–C) groups is 1. The lowest BCUT2D eigenvalue weighted by molar-refractivity contribution is -0.304. The molecule has 3 fully saturated rings. The number of amides is 1. The quantitative estimate of drug-likeness (QED) is 0.0498. The molecule has 18 nitrogen and oxygen atoms in total. The molecule has 264 valence electrons. The molecule has 2 heterocycles. The molecule has 2 aliphatic carbocycles. The van der Waals surface area contributed by atoms with Gasteiger partial charge in [-0.3, -0.25) is 9.79 Å². The lowest BCUT2D eigenvalue weighted by Gasteiger charge is -2.49. The third kappa shape index (κ3) is 8.44. The van der Waals surface area contributed by atoms with Gasteiger partial charge in [0.15, 0.2) is 12.2 Å². The summed E-state index contributed by atoms with van der Waals surface area (Å²) in [4.78, 5) is 17.3. The molecular formula is C28H53N9O9. The zero-order valence-corrected chi connectivity index (χ0v) is 26.5. The molecule has 46 heavy (non-hydrogen) atoms. The highest BCUT2D eigenvalue weighted by molar-refractivity contribution is 5.87. The largest absolute Gasteiger partial charge is 0.467 e. The number of nitrogens with one attached hydrogen (secondary N) is 3. The van der Waals surface area contributed by atoms with Gasteiger partial charge in [-0.1, -0.05) is 0 Å². The molecule has 0 bridgehead atoms.